The van der Waals surface area contributed by atoms with Gasteiger partial charge < -0.3 is 15.1 Å². The van der Waals surface area contributed by atoms with E-state index in [0.717, 1.165) is 17.0 Å². The zero-order valence-corrected chi connectivity index (χ0v) is 13.7. The van der Waals surface area contributed by atoms with Crippen LogP contribution in [0.25, 0.3) is 0 Å². The second-order valence-electron chi connectivity index (χ2n) is 5.67. The average molecular weight is 323 g/mol. The molecule has 0 aromatic heterocycles. The van der Waals surface area contributed by atoms with E-state index < -0.39 is 0 Å². The Kier molecular flexibility index (Phi) is 5.11. The van der Waals surface area contributed by atoms with Gasteiger partial charge in [0, 0.05) is 18.7 Å². The van der Waals surface area contributed by atoms with Crippen molar-refractivity contribution in [2.45, 2.75) is 19.4 Å². The van der Waals surface area contributed by atoms with Gasteiger partial charge in [-0.25, -0.2) is 4.79 Å². The van der Waals surface area contributed by atoms with Gasteiger partial charge in [0.1, 0.15) is 0 Å². The molecule has 2 amide bonds. The smallest absolute Gasteiger partial charge is 0.321 e. The molecule has 2 aromatic rings. The van der Waals surface area contributed by atoms with Crippen LogP contribution in [0.2, 0.25) is 0 Å². The van der Waals surface area contributed by atoms with Gasteiger partial charge in [0.25, 0.3) is 0 Å². The SMILES string of the molecule is CCN(CC1CC(c2ccccc2)=NO1)C(=O)Nc1ccccc1. The third-order valence-corrected chi connectivity index (χ3v) is 3.96. The molecule has 0 bridgehead atoms. The van der Waals surface area contributed by atoms with Crippen LogP contribution in [-0.4, -0.2) is 35.8 Å². The zero-order chi connectivity index (χ0) is 16.8. The summed E-state index contributed by atoms with van der Waals surface area (Å²) in [5.41, 5.74) is 2.78. The molecule has 0 saturated heterocycles. The number of amides is 2. The van der Waals surface area contributed by atoms with E-state index in [-0.39, 0.29) is 12.1 Å². The van der Waals surface area contributed by atoms with Crippen molar-refractivity contribution in [1.82, 2.24) is 4.90 Å². The number of rotatable bonds is 5. The molecule has 5 heteroatoms. The second-order valence-corrected chi connectivity index (χ2v) is 5.67. The van der Waals surface area contributed by atoms with Crippen LogP contribution in [0.15, 0.2) is 65.8 Å². The molecule has 1 unspecified atom stereocenters. The number of urea groups is 1. The highest BCUT2D eigenvalue weighted by molar-refractivity contribution is 6.01. The Morgan fingerprint density at radius 3 is 2.50 bits per heavy atom. The molecule has 1 N–H and O–H groups in total. The number of oxime groups is 1. The fourth-order valence-electron chi connectivity index (χ4n) is 2.65. The molecule has 1 atom stereocenters. The predicted molar refractivity (Wildman–Crippen MR) is 95.2 cm³/mol. The number of para-hydroxylation sites is 1. The van der Waals surface area contributed by atoms with Crippen LogP contribution in [-0.2, 0) is 4.84 Å². The molecular formula is C19H21N3O2. The highest BCUT2D eigenvalue weighted by Gasteiger charge is 2.26. The summed E-state index contributed by atoms with van der Waals surface area (Å²) in [6.45, 7) is 3.08. The van der Waals surface area contributed by atoms with Crippen molar-refractivity contribution in [2.24, 2.45) is 5.16 Å². The van der Waals surface area contributed by atoms with Gasteiger partial charge in [0.2, 0.25) is 0 Å². The first-order valence-electron chi connectivity index (χ1n) is 8.15. The average Bonchev–Trinajstić information content (AvgIpc) is 3.10. The summed E-state index contributed by atoms with van der Waals surface area (Å²) in [6, 6.07) is 19.3. The number of anilines is 1. The Morgan fingerprint density at radius 1 is 1.17 bits per heavy atom. The molecule has 2 aromatic carbocycles. The number of nitrogens with zero attached hydrogens (tertiary/aromatic N) is 2. The minimum absolute atomic E-state index is 0.110. The fraction of sp³-hybridized carbons (Fsp3) is 0.263. The summed E-state index contributed by atoms with van der Waals surface area (Å²) in [5, 5.41) is 7.08. The van der Waals surface area contributed by atoms with E-state index in [1.54, 1.807) is 4.90 Å². The Balaban J connectivity index is 1.56. The second kappa shape index (κ2) is 7.64. The number of carbonyl (C=O) groups is 1. The standard InChI is InChI=1S/C19H21N3O2/c1-2-22(19(23)20-16-11-7-4-8-12-16)14-17-13-18(21-24-17)15-9-5-3-6-10-15/h3-12,17H,2,13-14H2,1H3,(H,20,23). The largest absolute Gasteiger partial charge is 0.390 e. The Hall–Kier alpha value is -2.82. The maximum atomic E-state index is 12.4. The van der Waals surface area contributed by atoms with Gasteiger partial charge in [-0.2, -0.15) is 0 Å². The van der Waals surface area contributed by atoms with Crippen molar-refractivity contribution in [3.8, 4) is 0 Å². The molecule has 0 fully saturated rings. The van der Waals surface area contributed by atoms with Crippen molar-refractivity contribution in [3.63, 3.8) is 0 Å². The van der Waals surface area contributed by atoms with Crippen LogP contribution >= 0.6 is 0 Å². The van der Waals surface area contributed by atoms with E-state index in [1.165, 1.54) is 0 Å². The molecule has 1 heterocycles. The van der Waals surface area contributed by atoms with Crippen LogP contribution in [0.5, 0.6) is 0 Å². The van der Waals surface area contributed by atoms with E-state index in [2.05, 4.69) is 10.5 Å². The minimum atomic E-state index is -0.125. The van der Waals surface area contributed by atoms with E-state index in [4.69, 9.17) is 4.84 Å². The topological polar surface area (TPSA) is 53.9 Å². The number of nitrogens with one attached hydrogen (secondary N) is 1. The van der Waals surface area contributed by atoms with E-state index in [0.29, 0.717) is 19.5 Å². The quantitative estimate of drug-likeness (QED) is 0.911. The summed E-state index contributed by atoms with van der Waals surface area (Å²) in [4.78, 5) is 19.7. The molecule has 1 aliphatic rings. The van der Waals surface area contributed by atoms with Gasteiger partial charge >= 0.3 is 6.03 Å². The molecule has 3 rings (SSSR count). The van der Waals surface area contributed by atoms with Gasteiger partial charge in [0.15, 0.2) is 6.10 Å². The van der Waals surface area contributed by atoms with Gasteiger partial charge in [-0.05, 0) is 24.6 Å². The number of benzene rings is 2. The summed E-state index contributed by atoms with van der Waals surface area (Å²) >= 11 is 0. The summed E-state index contributed by atoms with van der Waals surface area (Å²) in [5.74, 6) is 0. The molecule has 0 spiro atoms. The van der Waals surface area contributed by atoms with Crippen molar-refractivity contribution < 1.29 is 9.63 Å². The summed E-state index contributed by atoms with van der Waals surface area (Å²) in [6.07, 6.45) is 0.598. The molecule has 24 heavy (non-hydrogen) atoms. The van der Waals surface area contributed by atoms with E-state index >= 15 is 0 Å². The first kappa shape index (κ1) is 16.1. The van der Waals surface area contributed by atoms with Crippen molar-refractivity contribution in [1.29, 1.82) is 0 Å². The van der Waals surface area contributed by atoms with E-state index in [1.807, 2.05) is 67.6 Å². The minimum Gasteiger partial charge on any atom is -0.390 e. The van der Waals surface area contributed by atoms with Gasteiger partial charge in [-0.15, -0.1) is 0 Å². The Morgan fingerprint density at radius 2 is 1.83 bits per heavy atom. The molecule has 0 radical (unpaired) electrons. The third-order valence-electron chi connectivity index (χ3n) is 3.96. The first-order valence-corrected chi connectivity index (χ1v) is 8.15. The van der Waals surface area contributed by atoms with Crippen molar-refractivity contribution >= 4 is 17.4 Å². The van der Waals surface area contributed by atoms with Crippen molar-refractivity contribution in [3.05, 3.63) is 66.2 Å². The molecule has 1 aliphatic heterocycles. The molecule has 0 aliphatic carbocycles. The van der Waals surface area contributed by atoms with E-state index in [9.17, 15) is 4.79 Å². The Bertz CT molecular complexity index is 701. The molecule has 0 saturated carbocycles. The van der Waals surface area contributed by atoms with Gasteiger partial charge in [0.05, 0.1) is 12.3 Å². The predicted octanol–water partition coefficient (Wildman–Crippen LogP) is 3.73. The summed E-state index contributed by atoms with van der Waals surface area (Å²) in [7, 11) is 0. The van der Waals surface area contributed by atoms with Crippen molar-refractivity contribution in [2.75, 3.05) is 18.4 Å². The number of hydrogen-bond donors (Lipinski definition) is 1. The Labute approximate surface area is 141 Å². The molecular weight excluding hydrogens is 302 g/mol. The maximum Gasteiger partial charge on any atom is 0.321 e. The lowest BCUT2D eigenvalue weighted by Crippen LogP contribution is -2.40. The molecule has 124 valence electrons. The highest BCUT2D eigenvalue weighted by Crippen LogP contribution is 2.18. The van der Waals surface area contributed by atoms with Crippen LogP contribution in [0.1, 0.15) is 18.9 Å². The van der Waals surface area contributed by atoms with Gasteiger partial charge in [-0.1, -0.05) is 53.7 Å². The number of likely N-dealkylation sites (N-methyl/N-ethyl adjacent to an activating group) is 1. The summed E-state index contributed by atoms with van der Waals surface area (Å²) < 4.78 is 0. The number of hydrogen-bond acceptors (Lipinski definition) is 3. The van der Waals surface area contributed by atoms with Gasteiger partial charge in [-0.3, -0.25) is 0 Å². The molecule has 5 nitrogen and oxygen atoms in total. The monoisotopic (exact) mass is 323 g/mol. The lowest BCUT2D eigenvalue weighted by Gasteiger charge is -2.23. The van der Waals surface area contributed by atoms with Crippen LogP contribution in [0.4, 0.5) is 10.5 Å². The lowest BCUT2D eigenvalue weighted by atomic mass is 10.1. The zero-order valence-electron chi connectivity index (χ0n) is 13.7. The van der Waals surface area contributed by atoms with Crippen LogP contribution in [0.3, 0.4) is 0 Å². The maximum absolute atomic E-state index is 12.4. The highest BCUT2D eigenvalue weighted by atomic mass is 16.6. The fourth-order valence-corrected chi connectivity index (χ4v) is 2.65. The van der Waals surface area contributed by atoms with Crippen LogP contribution < -0.4 is 5.32 Å². The normalized spacial score (nSPS) is 16.2. The lowest BCUT2D eigenvalue weighted by molar-refractivity contribution is 0.0633. The third kappa shape index (κ3) is 3.93. The number of carbonyl (C=O) groups excluding carboxylic acids is 1. The first-order chi connectivity index (χ1) is 11.8. The van der Waals surface area contributed by atoms with Crippen LogP contribution in [0, 0.1) is 0 Å².